The van der Waals surface area contributed by atoms with Crippen LogP contribution in [0.4, 0.5) is 0 Å². The number of carbonyl (C=O) groups is 2. The molecule has 1 saturated heterocycles. The van der Waals surface area contributed by atoms with E-state index in [1.54, 1.807) is 7.11 Å². The first-order valence-electron chi connectivity index (χ1n) is 7.89. The molecule has 1 heterocycles. The molecule has 1 N–H and O–H groups in total. The monoisotopic (exact) mass is 302 g/mol. The van der Waals surface area contributed by atoms with Crippen LogP contribution < -0.4 is 10.1 Å². The summed E-state index contributed by atoms with van der Waals surface area (Å²) in [5.74, 6) is 0.653. The zero-order valence-electron chi connectivity index (χ0n) is 12.9. The number of carbonyl (C=O) groups excluding carboxylic acids is 2. The van der Waals surface area contributed by atoms with Gasteiger partial charge in [0, 0.05) is 25.2 Å². The molecule has 2 unspecified atom stereocenters. The van der Waals surface area contributed by atoms with Crippen molar-refractivity contribution >= 4 is 11.8 Å². The molecule has 1 aromatic rings. The third kappa shape index (κ3) is 3.08. The van der Waals surface area contributed by atoms with Crippen LogP contribution in [0, 0.1) is 11.8 Å². The molecule has 0 radical (unpaired) electrons. The maximum Gasteiger partial charge on any atom is 0.226 e. The molecule has 1 aromatic carbocycles. The molecule has 0 aromatic heterocycles. The van der Waals surface area contributed by atoms with Gasteiger partial charge in [0.1, 0.15) is 5.75 Å². The number of nitrogens with one attached hydrogen (secondary N) is 1. The van der Waals surface area contributed by atoms with Gasteiger partial charge in [0.25, 0.3) is 0 Å². The van der Waals surface area contributed by atoms with E-state index in [0.717, 1.165) is 37.2 Å². The van der Waals surface area contributed by atoms with Gasteiger partial charge in [-0.2, -0.15) is 0 Å². The Morgan fingerprint density at radius 3 is 2.68 bits per heavy atom. The third-order valence-electron chi connectivity index (χ3n) is 4.51. The van der Waals surface area contributed by atoms with Crippen LogP contribution in [0.25, 0.3) is 0 Å². The lowest BCUT2D eigenvalue weighted by molar-refractivity contribution is -0.133. The van der Waals surface area contributed by atoms with Crippen LogP contribution >= 0.6 is 0 Å². The first-order chi connectivity index (χ1) is 10.7. The van der Waals surface area contributed by atoms with Gasteiger partial charge in [-0.25, -0.2) is 0 Å². The van der Waals surface area contributed by atoms with Crippen molar-refractivity contribution in [2.75, 3.05) is 20.2 Å². The summed E-state index contributed by atoms with van der Waals surface area (Å²) < 4.78 is 5.27. The largest absolute Gasteiger partial charge is 0.496 e. The van der Waals surface area contributed by atoms with Gasteiger partial charge in [0.15, 0.2) is 0 Å². The molecule has 1 aliphatic heterocycles. The maximum atomic E-state index is 12.2. The van der Waals surface area contributed by atoms with E-state index in [2.05, 4.69) is 5.32 Å². The average Bonchev–Trinajstić information content (AvgIpc) is 3.17. The molecular formula is C17H22N2O3. The highest BCUT2D eigenvalue weighted by Crippen LogP contribution is 2.40. The number of ether oxygens (including phenoxy) is 1. The fourth-order valence-corrected chi connectivity index (χ4v) is 3.09. The van der Waals surface area contributed by atoms with Crippen molar-refractivity contribution in [1.29, 1.82) is 0 Å². The average molecular weight is 302 g/mol. The van der Waals surface area contributed by atoms with Gasteiger partial charge in [0.2, 0.25) is 11.8 Å². The summed E-state index contributed by atoms with van der Waals surface area (Å²) in [6, 6.07) is 7.62. The van der Waals surface area contributed by atoms with Crippen molar-refractivity contribution in [3.63, 3.8) is 0 Å². The molecule has 2 amide bonds. The van der Waals surface area contributed by atoms with Gasteiger partial charge >= 0.3 is 0 Å². The molecule has 2 aliphatic rings. The minimum atomic E-state index is -0.150. The van der Waals surface area contributed by atoms with E-state index in [1.165, 1.54) is 0 Å². The van der Waals surface area contributed by atoms with E-state index < -0.39 is 0 Å². The van der Waals surface area contributed by atoms with E-state index in [9.17, 15) is 9.59 Å². The molecule has 2 atom stereocenters. The second-order valence-corrected chi connectivity index (χ2v) is 6.01. The minimum absolute atomic E-state index is 0.0246. The van der Waals surface area contributed by atoms with Crippen LogP contribution in [0.1, 0.15) is 24.8 Å². The van der Waals surface area contributed by atoms with E-state index >= 15 is 0 Å². The number of hydrogen-bond acceptors (Lipinski definition) is 3. The van der Waals surface area contributed by atoms with Crippen LogP contribution in [0.15, 0.2) is 24.3 Å². The summed E-state index contributed by atoms with van der Waals surface area (Å²) in [7, 11) is 1.62. The Morgan fingerprint density at radius 1 is 1.23 bits per heavy atom. The topological polar surface area (TPSA) is 58.6 Å². The number of benzene rings is 1. The zero-order chi connectivity index (χ0) is 15.5. The highest BCUT2D eigenvalue weighted by atomic mass is 16.5. The summed E-state index contributed by atoms with van der Waals surface area (Å²) in [5.41, 5.74) is 0.946. The lowest BCUT2D eigenvalue weighted by Gasteiger charge is -2.15. The number of rotatable bonds is 5. The quantitative estimate of drug-likeness (QED) is 0.898. The van der Waals surface area contributed by atoms with Gasteiger partial charge in [-0.05, 0) is 25.3 Å². The van der Waals surface area contributed by atoms with Crippen molar-refractivity contribution in [3.05, 3.63) is 29.8 Å². The molecule has 3 rings (SSSR count). The second kappa shape index (κ2) is 6.38. The Bertz CT molecular complexity index is 567. The fourth-order valence-electron chi connectivity index (χ4n) is 3.09. The van der Waals surface area contributed by atoms with E-state index in [0.29, 0.717) is 13.0 Å². The van der Waals surface area contributed by atoms with Crippen molar-refractivity contribution < 1.29 is 14.3 Å². The summed E-state index contributed by atoms with van der Waals surface area (Å²) in [6.07, 6.45) is 2.86. The fraction of sp³-hybridized carbons (Fsp3) is 0.529. The zero-order valence-corrected chi connectivity index (χ0v) is 12.9. The summed E-state index contributed by atoms with van der Waals surface area (Å²) in [6.45, 7) is 2.14. The van der Waals surface area contributed by atoms with Crippen LogP contribution in [-0.4, -0.2) is 36.9 Å². The SMILES string of the molecule is COc1ccccc1CNC(=O)C1CC1C(=O)N1CCCC1. The van der Waals surface area contributed by atoms with Crippen molar-refractivity contribution in [3.8, 4) is 5.75 Å². The number of hydrogen-bond donors (Lipinski definition) is 1. The van der Waals surface area contributed by atoms with Crippen molar-refractivity contribution in [2.45, 2.75) is 25.8 Å². The predicted octanol–water partition coefficient (Wildman–Crippen LogP) is 1.57. The predicted molar refractivity (Wildman–Crippen MR) is 82.3 cm³/mol. The van der Waals surface area contributed by atoms with Crippen LogP contribution in [0.2, 0.25) is 0 Å². The van der Waals surface area contributed by atoms with Crippen LogP contribution in [0.5, 0.6) is 5.75 Å². The molecule has 0 spiro atoms. The van der Waals surface area contributed by atoms with Gasteiger partial charge < -0.3 is 15.0 Å². The molecular weight excluding hydrogens is 280 g/mol. The molecule has 2 fully saturated rings. The normalized spacial score (nSPS) is 23.2. The molecule has 5 nitrogen and oxygen atoms in total. The summed E-state index contributed by atoms with van der Waals surface area (Å²) in [5, 5.41) is 2.92. The Kier molecular flexibility index (Phi) is 4.32. The molecule has 22 heavy (non-hydrogen) atoms. The number of amides is 2. The van der Waals surface area contributed by atoms with Crippen molar-refractivity contribution in [2.24, 2.45) is 11.8 Å². The molecule has 5 heteroatoms. The smallest absolute Gasteiger partial charge is 0.226 e. The Hall–Kier alpha value is -2.04. The van der Waals surface area contributed by atoms with E-state index in [-0.39, 0.29) is 23.7 Å². The molecule has 1 saturated carbocycles. The summed E-state index contributed by atoms with van der Waals surface area (Å²) >= 11 is 0. The lowest BCUT2D eigenvalue weighted by atomic mass is 10.2. The lowest BCUT2D eigenvalue weighted by Crippen LogP contribution is -2.32. The maximum absolute atomic E-state index is 12.2. The number of methoxy groups -OCH3 is 1. The van der Waals surface area contributed by atoms with Gasteiger partial charge in [-0.15, -0.1) is 0 Å². The summed E-state index contributed by atoms with van der Waals surface area (Å²) in [4.78, 5) is 26.3. The molecule has 118 valence electrons. The number of nitrogens with zero attached hydrogens (tertiary/aromatic N) is 1. The Balaban J connectivity index is 1.50. The second-order valence-electron chi connectivity index (χ2n) is 6.01. The minimum Gasteiger partial charge on any atom is -0.496 e. The highest BCUT2D eigenvalue weighted by molar-refractivity contribution is 5.92. The molecule has 1 aliphatic carbocycles. The highest BCUT2D eigenvalue weighted by Gasteiger charge is 2.49. The van der Waals surface area contributed by atoms with Crippen molar-refractivity contribution in [1.82, 2.24) is 10.2 Å². The van der Waals surface area contributed by atoms with Gasteiger partial charge in [-0.3, -0.25) is 9.59 Å². The number of likely N-dealkylation sites (tertiary alicyclic amines) is 1. The number of para-hydroxylation sites is 1. The Morgan fingerprint density at radius 2 is 1.95 bits per heavy atom. The van der Waals surface area contributed by atoms with E-state index in [1.807, 2.05) is 29.2 Å². The first-order valence-corrected chi connectivity index (χ1v) is 7.89. The Labute approximate surface area is 130 Å². The third-order valence-corrected chi connectivity index (χ3v) is 4.51. The van der Waals surface area contributed by atoms with E-state index in [4.69, 9.17) is 4.74 Å². The van der Waals surface area contributed by atoms with Gasteiger partial charge in [-0.1, -0.05) is 18.2 Å². The first kappa shape index (κ1) is 14.9. The van der Waals surface area contributed by atoms with Crippen LogP contribution in [-0.2, 0) is 16.1 Å². The van der Waals surface area contributed by atoms with Crippen LogP contribution in [0.3, 0.4) is 0 Å². The van der Waals surface area contributed by atoms with Gasteiger partial charge in [0.05, 0.1) is 18.9 Å². The molecule has 0 bridgehead atoms. The standard InChI is InChI=1S/C17H22N2O3/c1-22-15-7-3-2-6-12(15)11-18-16(20)13-10-14(13)17(21)19-8-4-5-9-19/h2-3,6-7,13-14H,4-5,8-11H2,1H3,(H,18,20).